The second-order valence-corrected chi connectivity index (χ2v) is 21.3. The van der Waals surface area contributed by atoms with E-state index in [2.05, 4.69) is 38.4 Å². The van der Waals surface area contributed by atoms with Crippen LogP contribution in [0.5, 0.6) is 28.7 Å². The first-order chi connectivity index (χ1) is 41.3. The summed E-state index contributed by atoms with van der Waals surface area (Å²) in [5, 5.41) is 76.3. The Balaban J connectivity index is 0.642. The van der Waals surface area contributed by atoms with Crippen molar-refractivity contribution in [3.8, 4) is 28.7 Å². The van der Waals surface area contributed by atoms with Crippen LogP contribution in [0.25, 0.3) is 0 Å². The number of alkyl carbamates (subject to hydrolysis) is 1. The summed E-state index contributed by atoms with van der Waals surface area (Å²) in [6, 6.07) is 19.7. The molecule has 25 nitrogen and oxygen atoms in total. The van der Waals surface area contributed by atoms with Gasteiger partial charge in [0, 0.05) is 47.1 Å². The summed E-state index contributed by atoms with van der Waals surface area (Å²) in [5.74, 6) is 0.142. The number of benzene rings is 4. The first-order valence-electron chi connectivity index (χ1n) is 28.4. The van der Waals surface area contributed by atoms with Crippen molar-refractivity contribution < 1.29 is 92.4 Å². The van der Waals surface area contributed by atoms with Gasteiger partial charge in [-0.05, 0) is 104 Å². The van der Waals surface area contributed by atoms with E-state index in [9.17, 15) is 49.8 Å². The van der Waals surface area contributed by atoms with Crippen LogP contribution in [0.1, 0.15) is 64.0 Å². The molecule has 1 unspecified atom stereocenters. The van der Waals surface area contributed by atoms with Crippen LogP contribution >= 0.6 is 0 Å². The largest absolute Gasteiger partial charge is 0.508 e. The number of hydrogen-bond acceptors (Lipinski definition) is 21. The Bertz CT molecular complexity index is 3090. The molecule has 85 heavy (non-hydrogen) atoms. The van der Waals surface area contributed by atoms with Gasteiger partial charge in [0.1, 0.15) is 65.8 Å². The molecule has 3 aliphatic heterocycles. The number of aliphatic hydroxyl groups is 4. The Morgan fingerprint density at radius 3 is 2.11 bits per heavy atom. The predicted octanol–water partition coefficient (Wildman–Crippen LogP) is 3.13. The van der Waals surface area contributed by atoms with E-state index in [1.165, 1.54) is 30.3 Å². The maximum Gasteiger partial charge on any atom is 0.407 e. The van der Waals surface area contributed by atoms with Gasteiger partial charge in [-0.3, -0.25) is 9.59 Å². The molecule has 4 aromatic carbocycles. The van der Waals surface area contributed by atoms with Gasteiger partial charge in [0.05, 0.1) is 83.8 Å². The summed E-state index contributed by atoms with van der Waals surface area (Å²) in [6.45, 7) is 1.93. The average molecular weight is 1180 g/mol. The topological polar surface area (TPSA) is 340 Å². The molecule has 9 N–H and O–H groups in total. The summed E-state index contributed by atoms with van der Waals surface area (Å²) in [7, 11) is 0. The van der Waals surface area contributed by atoms with Gasteiger partial charge < -0.3 is 89.2 Å². The number of carbonyl (C=O) groups is 4. The Hall–Kier alpha value is -7.72. The lowest BCUT2D eigenvalue weighted by atomic mass is 9.77. The number of fused-ring (bicyclic) bond motifs is 7. The van der Waals surface area contributed by atoms with Crippen LogP contribution in [-0.4, -0.2) is 179 Å². The second kappa shape index (κ2) is 28.0. The lowest BCUT2D eigenvalue weighted by Crippen LogP contribution is -2.59. The molecule has 0 radical (unpaired) electrons. The van der Waals surface area contributed by atoms with Crippen molar-refractivity contribution in [2.45, 2.75) is 87.4 Å². The second-order valence-electron chi connectivity index (χ2n) is 21.3. The maximum atomic E-state index is 13.8. The summed E-state index contributed by atoms with van der Waals surface area (Å²) in [5.41, 5.74) is 1.52. The Morgan fingerprint density at radius 2 is 1.42 bits per heavy atom. The van der Waals surface area contributed by atoms with Crippen LogP contribution in [0.2, 0.25) is 0 Å². The Labute approximate surface area is 488 Å². The number of phenolic OH excluding ortho intramolecular Hbond substituents is 2. The number of allylic oxidation sites excluding steroid dienone is 2. The van der Waals surface area contributed by atoms with Crippen LogP contribution in [0.4, 0.5) is 10.5 Å². The van der Waals surface area contributed by atoms with Crippen molar-refractivity contribution in [3.05, 3.63) is 131 Å². The van der Waals surface area contributed by atoms with Gasteiger partial charge in [0.15, 0.2) is 11.9 Å². The summed E-state index contributed by atoms with van der Waals surface area (Å²) in [6.07, 6.45) is 3.06. The van der Waals surface area contributed by atoms with E-state index in [1.54, 1.807) is 35.1 Å². The number of amides is 3. The summed E-state index contributed by atoms with van der Waals surface area (Å²) in [4.78, 5) is 54.2. The number of anilines is 1. The van der Waals surface area contributed by atoms with E-state index in [0.29, 0.717) is 92.6 Å². The first-order valence-corrected chi connectivity index (χ1v) is 28.4. The summed E-state index contributed by atoms with van der Waals surface area (Å²) < 4.78 is 53.1. The van der Waals surface area contributed by atoms with Crippen molar-refractivity contribution in [2.24, 2.45) is 17.8 Å². The quantitative estimate of drug-likeness (QED) is 0.0207. The highest BCUT2D eigenvalue weighted by molar-refractivity contribution is 6.00. The fourth-order valence-corrected chi connectivity index (χ4v) is 11.2. The van der Waals surface area contributed by atoms with E-state index in [0.717, 1.165) is 31.2 Å². The number of ether oxygens (including phenoxy) is 9. The van der Waals surface area contributed by atoms with E-state index in [-0.39, 0.29) is 66.4 Å². The molecule has 0 bridgehead atoms. The highest BCUT2D eigenvalue weighted by atomic mass is 16.7. The van der Waals surface area contributed by atoms with Crippen molar-refractivity contribution in [1.29, 1.82) is 0 Å². The number of carbonyl (C=O) groups excluding carboxylic acids is 4. The standard InChI is InChI=1S/C60H70N6O19/c67-33-51-53(71)54(72)55(73)58(84-51)81-19-17-35-7-12-40(13-8-35)80-26-25-79-24-23-78-22-21-77-20-18-66-32-37(64-65-66)28-48(63-59(76)82-34-44-41-5-3-1-2-4-6-42(41)44)56(74)61-31-52(70)62-36-9-14-45-43(27-36)57(75)85-60(45)46-15-10-38(68)29-49(46)83-50-30-39(69)11-16-47(50)60/h1-2,7-16,27,29-30,32,41-42,44,48,51,53-55,58,67-69,71-73H,3-6,17-26,28,31,33-34H2,(H,61,74)(H,62,70)(H,63,76)/b2-1-/t41-,42?,44-,48+,51-,53-,54+,55-,58-/m1/s1. The molecule has 454 valence electrons. The number of phenols is 2. The van der Waals surface area contributed by atoms with Crippen molar-refractivity contribution >= 4 is 29.6 Å². The zero-order valence-corrected chi connectivity index (χ0v) is 46.5. The summed E-state index contributed by atoms with van der Waals surface area (Å²) >= 11 is 0. The molecule has 3 amide bonds. The van der Waals surface area contributed by atoms with Crippen LogP contribution in [0.15, 0.2) is 97.2 Å². The number of nitrogens with zero attached hydrogens (tertiary/aromatic N) is 3. The molecular formula is C60H70N6O19. The smallest absolute Gasteiger partial charge is 0.407 e. The minimum Gasteiger partial charge on any atom is -0.508 e. The molecule has 2 aliphatic carbocycles. The first kappa shape index (κ1) is 60.4. The highest BCUT2D eigenvalue weighted by Crippen LogP contribution is 2.57. The minimum absolute atomic E-state index is 0.0815. The average Bonchev–Trinajstić information content (AvgIpc) is 1.68. The lowest BCUT2D eigenvalue weighted by Gasteiger charge is -2.39. The molecule has 25 heteroatoms. The van der Waals surface area contributed by atoms with E-state index in [1.807, 2.05) is 24.3 Å². The number of hydrogen-bond donors (Lipinski definition) is 9. The third-order valence-corrected chi connectivity index (χ3v) is 15.7. The minimum atomic E-state index is -1.50. The maximum absolute atomic E-state index is 13.8. The van der Waals surface area contributed by atoms with Gasteiger partial charge in [-0.2, -0.15) is 0 Å². The zero-order chi connectivity index (χ0) is 59.5. The van der Waals surface area contributed by atoms with Gasteiger partial charge in [-0.15, -0.1) is 5.10 Å². The van der Waals surface area contributed by atoms with Crippen LogP contribution in [0.3, 0.4) is 0 Å². The highest BCUT2D eigenvalue weighted by Gasteiger charge is 2.54. The molecular weight excluding hydrogens is 1110 g/mol. The van der Waals surface area contributed by atoms with Crippen LogP contribution < -0.4 is 25.4 Å². The van der Waals surface area contributed by atoms with Gasteiger partial charge >= 0.3 is 12.1 Å². The van der Waals surface area contributed by atoms with E-state index < -0.39 is 79.4 Å². The third kappa shape index (κ3) is 14.7. The Morgan fingerprint density at radius 1 is 0.765 bits per heavy atom. The molecule has 1 spiro atoms. The van der Waals surface area contributed by atoms with E-state index in [4.69, 9.17) is 42.6 Å². The lowest BCUT2D eigenvalue weighted by molar-refractivity contribution is -0.300. The van der Waals surface area contributed by atoms with Gasteiger partial charge in [-0.25, -0.2) is 14.3 Å². The van der Waals surface area contributed by atoms with E-state index >= 15 is 0 Å². The number of aromatic nitrogens is 3. The number of aromatic hydroxyl groups is 2. The number of aliphatic hydroxyl groups excluding tert-OH is 4. The Kier molecular flexibility index (Phi) is 19.9. The normalized spacial score (nSPS) is 23.1. The fraction of sp³-hybridized carbons (Fsp3) is 0.467. The molecule has 2 fully saturated rings. The fourth-order valence-electron chi connectivity index (χ4n) is 11.2. The molecule has 9 atom stereocenters. The molecule has 1 aromatic heterocycles. The molecule has 4 heterocycles. The molecule has 1 saturated carbocycles. The monoisotopic (exact) mass is 1180 g/mol. The molecule has 1 saturated heterocycles. The predicted molar refractivity (Wildman–Crippen MR) is 298 cm³/mol. The van der Waals surface area contributed by atoms with Crippen molar-refractivity contribution in [1.82, 2.24) is 25.6 Å². The SMILES string of the molecule is O=C(CNC(=O)[C@H](Cc1cn(CCOCCOCCOCCOc2ccc(CCO[C@@H]3O[C@H](CO)[C@@H](O)[C@H](O)[C@H]3O)cc2)nn1)NC(=O)OC[C@H]1C2CC/C=C\CC[C@H]21)Nc1ccc2c(c1)C(=O)OC21c2ccc(O)cc2Oc2cc(O)ccc21. The van der Waals surface area contributed by atoms with Gasteiger partial charge in [-0.1, -0.05) is 35.6 Å². The molecule has 10 rings (SSSR count). The van der Waals surface area contributed by atoms with Gasteiger partial charge in [0.2, 0.25) is 11.8 Å². The van der Waals surface area contributed by atoms with Crippen LogP contribution in [-0.2, 0) is 67.7 Å². The zero-order valence-electron chi connectivity index (χ0n) is 46.5. The molecule has 5 aromatic rings. The number of esters is 1. The number of nitrogens with one attached hydrogen (secondary N) is 3. The third-order valence-electron chi connectivity index (χ3n) is 15.7. The number of rotatable bonds is 27. The van der Waals surface area contributed by atoms with Gasteiger partial charge in [0.25, 0.3) is 0 Å². The molecule has 5 aliphatic rings. The van der Waals surface area contributed by atoms with Crippen molar-refractivity contribution in [2.75, 3.05) is 77.9 Å². The van der Waals surface area contributed by atoms with Crippen LogP contribution in [0, 0.1) is 17.8 Å². The van der Waals surface area contributed by atoms with Crippen molar-refractivity contribution in [3.63, 3.8) is 0 Å².